The summed E-state index contributed by atoms with van der Waals surface area (Å²) in [6, 6.07) is 4.80. The summed E-state index contributed by atoms with van der Waals surface area (Å²) in [7, 11) is 0. The number of aromatic amines is 1. The predicted octanol–water partition coefficient (Wildman–Crippen LogP) is -0.342. The zero-order valence-electron chi connectivity index (χ0n) is 20.1. The fourth-order valence-electron chi connectivity index (χ4n) is 4.75. The van der Waals surface area contributed by atoms with Crippen molar-refractivity contribution in [1.82, 2.24) is 19.5 Å². The average molecular weight is 530 g/mol. The van der Waals surface area contributed by atoms with Crippen molar-refractivity contribution in [3.05, 3.63) is 44.2 Å². The molecule has 16 heteroatoms. The zero-order valence-corrected chi connectivity index (χ0v) is 20.1. The predicted molar refractivity (Wildman–Crippen MR) is 136 cm³/mol. The number of aromatic nitrogens is 4. The fourth-order valence-corrected chi connectivity index (χ4v) is 4.75. The van der Waals surface area contributed by atoms with E-state index in [1.807, 2.05) is 4.90 Å². The molecular weight excluding hydrogens is 502 g/mol. The van der Waals surface area contributed by atoms with Gasteiger partial charge in [-0.25, -0.2) is 10.4 Å². The SMILES string of the molecule is Nc1nc2c(nc(N/N=C\c3ccc(N4CCCCC4)c([N+](=O)[O-])c3)n2[C@H]2O[C@@H](CO)[C@@H](O)[C@@H]2O)c(=O)[nH]1. The minimum atomic E-state index is -1.50. The van der Waals surface area contributed by atoms with Crippen molar-refractivity contribution in [3.63, 3.8) is 0 Å². The molecule has 4 atom stereocenters. The van der Waals surface area contributed by atoms with E-state index in [-0.39, 0.29) is 28.7 Å². The summed E-state index contributed by atoms with van der Waals surface area (Å²) in [6.07, 6.45) is -0.917. The van der Waals surface area contributed by atoms with E-state index in [4.69, 9.17) is 10.5 Å². The number of ether oxygens (including phenoxy) is 1. The normalized spacial score (nSPS) is 23.9. The van der Waals surface area contributed by atoms with Crippen LogP contribution in [0, 0.1) is 10.1 Å². The highest BCUT2D eigenvalue weighted by Crippen LogP contribution is 2.34. The van der Waals surface area contributed by atoms with Crippen molar-refractivity contribution in [3.8, 4) is 0 Å². The van der Waals surface area contributed by atoms with Gasteiger partial charge in [-0.3, -0.25) is 24.5 Å². The number of anilines is 3. The molecule has 1 aromatic carbocycles. The first-order valence-electron chi connectivity index (χ1n) is 12.0. The molecule has 3 aromatic rings. The number of nitro benzene ring substituents is 1. The lowest BCUT2D eigenvalue weighted by molar-refractivity contribution is -0.384. The van der Waals surface area contributed by atoms with Gasteiger partial charge in [0.05, 0.1) is 17.7 Å². The lowest BCUT2D eigenvalue weighted by atomic mass is 10.1. The molecule has 4 heterocycles. The lowest BCUT2D eigenvalue weighted by Gasteiger charge is -2.28. The van der Waals surface area contributed by atoms with Gasteiger partial charge in [-0.15, -0.1) is 0 Å². The molecular formula is C22H27N9O7. The number of fused-ring (bicyclic) bond motifs is 1. The molecule has 0 aliphatic carbocycles. The summed E-state index contributed by atoms with van der Waals surface area (Å²) in [5.41, 5.74) is 8.41. The number of rotatable bonds is 7. The molecule has 2 saturated heterocycles. The van der Waals surface area contributed by atoms with Crippen LogP contribution in [0.1, 0.15) is 31.1 Å². The van der Waals surface area contributed by atoms with Crippen LogP contribution in [0.5, 0.6) is 0 Å². The first kappa shape index (κ1) is 25.5. The molecule has 2 aromatic heterocycles. The van der Waals surface area contributed by atoms with E-state index in [1.54, 1.807) is 12.1 Å². The quantitative estimate of drug-likeness (QED) is 0.131. The van der Waals surface area contributed by atoms with Crippen molar-refractivity contribution in [2.24, 2.45) is 5.10 Å². The van der Waals surface area contributed by atoms with Crippen LogP contribution in [0.3, 0.4) is 0 Å². The maximum Gasteiger partial charge on any atom is 0.293 e. The molecule has 16 nitrogen and oxygen atoms in total. The molecule has 2 aliphatic rings. The summed E-state index contributed by atoms with van der Waals surface area (Å²) in [5, 5.41) is 46.1. The van der Waals surface area contributed by atoms with Crippen LogP contribution in [0.25, 0.3) is 11.2 Å². The third-order valence-electron chi connectivity index (χ3n) is 6.61. The van der Waals surface area contributed by atoms with E-state index >= 15 is 0 Å². The Morgan fingerprint density at radius 1 is 1.26 bits per heavy atom. The molecule has 0 radical (unpaired) electrons. The number of hydrogen-bond acceptors (Lipinski definition) is 13. The number of piperidine rings is 1. The number of nitro groups is 1. The Bertz CT molecular complexity index is 1430. The van der Waals surface area contributed by atoms with Gasteiger partial charge in [-0.1, -0.05) is 6.07 Å². The Morgan fingerprint density at radius 2 is 2.03 bits per heavy atom. The molecule has 7 N–H and O–H groups in total. The number of benzene rings is 1. The molecule has 0 saturated carbocycles. The molecule has 2 aliphatic heterocycles. The Labute approximate surface area is 214 Å². The van der Waals surface area contributed by atoms with E-state index in [9.17, 15) is 30.2 Å². The highest BCUT2D eigenvalue weighted by atomic mass is 16.6. The number of aliphatic hydroxyl groups excluding tert-OH is 3. The van der Waals surface area contributed by atoms with Gasteiger partial charge >= 0.3 is 0 Å². The second kappa shape index (κ2) is 10.3. The van der Waals surface area contributed by atoms with Crippen LogP contribution in [-0.2, 0) is 4.74 Å². The number of nitrogens with zero attached hydrogens (tertiary/aromatic N) is 6. The van der Waals surface area contributed by atoms with E-state index in [0.717, 1.165) is 32.4 Å². The van der Waals surface area contributed by atoms with Crippen molar-refractivity contribution < 1.29 is 25.0 Å². The van der Waals surface area contributed by atoms with Gasteiger partial charge < -0.3 is 30.7 Å². The number of hydrazone groups is 1. The van der Waals surface area contributed by atoms with E-state index in [1.165, 1.54) is 16.8 Å². The molecule has 0 amide bonds. The zero-order chi connectivity index (χ0) is 27.0. The van der Waals surface area contributed by atoms with Crippen LogP contribution in [0.15, 0.2) is 28.1 Å². The smallest absolute Gasteiger partial charge is 0.293 e. The molecule has 0 bridgehead atoms. The third kappa shape index (κ3) is 4.65. The number of H-pyrrole nitrogens is 1. The monoisotopic (exact) mass is 529 g/mol. The standard InChI is InChI=1S/C22H27N9O7/c23-21-26-18-15(19(35)27-21)25-22(30(18)20-17(34)16(33)14(10-32)38-20)28-24-9-11-4-5-12(13(8-11)31(36)37)29-6-2-1-3-7-29/h4-5,8-9,14,16-17,20,32-34H,1-3,6-7,10H2,(H,25,28)(H3,23,26,27,35)/b24-9-/t14-,16+,17-,20-/m0/s1. The van der Waals surface area contributed by atoms with Gasteiger partial charge in [-0.2, -0.15) is 10.1 Å². The van der Waals surface area contributed by atoms with E-state index < -0.39 is 41.6 Å². The Kier molecular flexibility index (Phi) is 6.94. The largest absolute Gasteiger partial charge is 0.394 e. The lowest BCUT2D eigenvalue weighted by Crippen LogP contribution is -2.33. The second-order valence-electron chi connectivity index (χ2n) is 9.08. The first-order valence-corrected chi connectivity index (χ1v) is 12.0. The Hall–Kier alpha value is -4.12. The molecule has 202 valence electrons. The maximum absolute atomic E-state index is 12.4. The number of nitrogens with two attached hydrogens (primary N) is 1. The summed E-state index contributed by atoms with van der Waals surface area (Å²) in [5.74, 6) is -0.305. The van der Waals surface area contributed by atoms with Gasteiger partial charge in [0, 0.05) is 24.7 Å². The van der Waals surface area contributed by atoms with E-state index in [0.29, 0.717) is 11.3 Å². The topological polar surface area (TPSA) is 230 Å². The van der Waals surface area contributed by atoms with Crippen molar-refractivity contribution >= 4 is 40.6 Å². The summed E-state index contributed by atoms with van der Waals surface area (Å²) in [6.45, 7) is 0.944. The Morgan fingerprint density at radius 3 is 2.71 bits per heavy atom. The van der Waals surface area contributed by atoms with Gasteiger partial charge in [0.25, 0.3) is 11.2 Å². The Balaban J connectivity index is 1.47. The van der Waals surface area contributed by atoms with Crippen molar-refractivity contribution in [1.29, 1.82) is 0 Å². The minimum absolute atomic E-state index is 0.0409. The number of aliphatic hydroxyl groups is 3. The summed E-state index contributed by atoms with van der Waals surface area (Å²) in [4.78, 5) is 36.3. The van der Waals surface area contributed by atoms with Gasteiger partial charge in [-0.05, 0) is 25.3 Å². The maximum atomic E-state index is 12.4. The van der Waals surface area contributed by atoms with Crippen molar-refractivity contribution in [2.75, 3.05) is 35.8 Å². The summed E-state index contributed by atoms with van der Waals surface area (Å²) < 4.78 is 6.79. The van der Waals surface area contributed by atoms with Crippen LogP contribution in [0.2, 0.25) is 0 Å². The molecule has 0 spiro atoms. The minimum Gasteiger partial charge on any atom is -0.394 e. The highest BCUT2D eigenvalue weighted by molar-refractivity contribution is 5.84. The van der Waals surface area contributed by atoms with E-state index in [2.05, 4.69) is 25.5 Å². The fraction of sp³-hybridized carbons (Fsp3) is 0.455. The van der Waals surface area contributed by atoms with Gasteiger partial charge in [0.1, 0.15) is 24.0 Å². The number of hydrogen-bond donors (Lipinski definition) is 6. The highest BCUT2D eigenvalue weighted by Gasteiger charge is 2.45. The average Bonchev–Trinajstić information content (AvgIpc) is 3.40. The molecule has 5 rings (SSSR count). The van der Waals surface area contributed by atoms with Gasteiger partial charge in [0.2, 0.25) is 11.9 Å². The number of imidazole rings is 1. The van der Waals surface area contributed by atoms with Crippen LogP contribution < -0.4 is 21.6 Å². The molecule has 2 fully saturated rings. The van der Waals surface area contributed by atoms with Crippen LogP contribution in [-0.4, -0.2) is 84.0 Å². The molecule has 0 unspecified atom stereocenters. The van der Waals surface area contributed by atoms with Gasteiger partial charge in [0.15, 0.2) is 17.4 Å². The number of nitrogen functional groups attached to an aromatic ring is 1. The van der Waals surface area contributed by atoms with Crippen LogP contribution in [0.4, 0.5) is 23.3 Å². The third-order valence-corrected chi connectivity index (χ3v) is 6.61. The van der Waals surface area contributed by atoms with Crippen molar-refractivity contribution in [2.45, 2.75) is 43.8 Å². The first-order chi connectivity index (χ1) is 18.3. The summed E-state index contributed by atoms with van der Waals surface area (Å²) >= 11 is 0. The second-order valence-corrected chi connectivity index (χ2v) is 9.08. The molecule has 38 heavy (non-hydrogen) atoms. The number of nitrogens with one attached hydrogen (secondary N) is 2. The van der Waals surface area contributed by atoms with Crippen LogP contribution >= 0.6 is 0 Å².